The van der Waals surface area contributed by atoms with Gasteiger partial charge in [0, 0.05) is 16.7 Å². The fraction of sp³-hybridized carbons (Fsp3) is 0.643. The summed E-state index contributed by atoms with van der Waals surface area (Å²) < 4.78 is 39.3. The van der Waals surface area contributed by atoms with Crippen LogP contribution in [0.2, 0.25) is 0 Å². The van der Waals surface area contributed by atoms with Crippen molar-refractivity contribution >= 4 is 21.7 Å². The highest BCUT2D eigenvalue weighted by Gasteiger charge is 2.36. The summed E-state index contributed by atoms with van der Waals surface area (Å²) in [5.74, 6) is -0.0644. The number of hydrogen-bond donors (Lipinski definition) is 1. The van der Waals surface area contributed by atoms with Gasteiger partial charge in [-0.1, -0.05) is 13.8 Å². The Morgan fingerprint density at radius 3 is 2.45 bits per heavy atom. The fourth-order valence-electron chi connectivity index (χ4n) is 2.51. The van der Waals surface area contributed by atoms with Crippen LogP contribution in [0.5, 0.6) is 0 Å². The van der Waals surface area contributed by atoms with Crippen LogP contribution >= 0.6 is 15.9 Å². The predicted molar refractivity (Wildman–Crippen MR) is 76.6 cm³/mol. The largest absolute Gasteiger partial charge is 0.419 e. The van der Waals surface area contributed by atoms with Crippen molar-refractivity contribution in [3.05, 3.63) is 22.3 Å². The molecule has 0 atom stereocenters. The van der Waals surface area contributed by atoms with Crippen LogP contribution in [0, 0.1) is 5.41 Å². The lowest BCUT2D eigenvalue weighted by atomic mass is 9.75. The van der Waals surface area contributed by atoms with E-state index in [4.69, 9.17) is 0 Å². The smallest absolute Gasteiger partial charge is 0.367 e. The van der Waals surface area contributed by atoms with Gasteiger partial charge in [-0.2, -0.15) is 13.2 Å². The van der Waals surface area contributed by atoms with Crippen molar-refractivity contribution in [1.29, 1.82) is 0 Å². The molecule has 1 saturated carbocycles. The van der Waals surface area contributed by atoms with Gasteiger partial charge in [-0.15, -0.1) is 0 Å². The molecular weight excluding hydrogens is 333 g/mol. The van der Waals surface area contributed by atoms with Crippen LogP contribution in [0.3, 0.4) is 0 Å². The zero-order valence-corrected chi connectivity index (χ0v) is 13.1. The Morgan fingerprint density at radius 2 is 1.90 bits per heavy atom. The van der Waals surface area contributed by atoms with E-state index in [9.17, 15) is 13.2 Å². The van der Waals surface area contributed by atoms with Gasteiger partial charge >= 0.3 is 6.18 Å². The van der Waals surface area contributed by atoms with Gasteiger partial charge in [0.05, 0.1) is 5.56 Å². The average molecular weight is 351 g/mol. The minimum atomic E-state index is -4.40. The molecule has 0 aliphatic heterocycles. The van der Waals surface area contributed by atoms with Crippen molar-refractivity contribution in [2.24, 2.45) is 5.41 Å². The van der Waals surface area contributed by atoms with E-state index in [-0.39, 0.29) is 17.3 Å². The Bertz CT molecular complexity index is 476. The topological polar surface area (TPSA) is 24.9 Å². The van der Waals surface area contributed by atoms with Crippen LogP contribution in [0.25, 0.3) is 0 Å². The lowest BCUT2D eigenvalue weighted by Gasteiger charge is -2.35. The third-order valence-electron chi connectivity index (χ3n) is 3.84. The molecule has 0 aromatic carbocycles. The van der Waals surface area contributed by atoms with E-state index in [1.54, 1.807) is 0 Å². The van der Waals surface area contributed by atoms with Gasteiger partial charge in [0.15, 0.2) is 0 Å². The Labute approximate surface area is 125 Å². The maximum Gasteiger partial charge on any atom is 0.419 e. The first-order chi connectivity index (χ1) is 9.17. The van der Waals surface area contributed by atoms with Gasteiger partial charge in [0.25, 0.3) is 0 Å². The molecular formula is C14H18BrF3N2. The van der Waals surface area contributed by atoms with E-state index in [2.05, 4.69) is 40.1 Å². The molecule has 0 amide bonds. The number of halogens is 4. The molecule has 0 saturated heterocycles. The van der Waals surface area contributed by atoms with Crippen molar-refractivity contribution in [2.75, 3.05) is 5.32 Å². The van der Waals surface area contributed by atoms with Crippen molar-refractivity contribution < 1.29 is 13.2 Å². The molecule has 112 valence electrons. The molecule has 0 unspecified atom stereocenters. The fourth-order valence-corrected chi connectivity index (χ4v) is 2.84. The molecule has 1 heterocycles. The van der Waals surface area contributed by atoms with E-state index >= 15 is 0 Å². The highest BCUT2D eigenvalue weighted by Crippen LogP contribution is 2.39. The van der Waals surface area contributed by atoms with E-state index in [1.807, 2.05) is 0 Å². The Morgan fingerprint density at radius 1 is 1.30 bits per heavy atom. The molecule has 20 heavy (non-hydrogen) atoms. The summed E-state index contributed by atoms with van der Waals surface area (Å²) in [6, 6.07) is 1.14. The second-order valence-electron chi connectivity index (χ2n) is 6.13. The standard InChI is InChI=1S/C14H18BrF3N2/c1-13(2)5-3-10(4-6-13)20-12-11(14(16,17)18)7-9(15)8-19-12/h7-8,10H,3-6H2,1-2H3,(H,19,20). The van der Waals surface area contributed by atoms with E-state index < -0.39 is 11.7 Å². The molecule has 0 radical (unpaired) electrons. The van der Waals surface area contributed by atoms with Gasteiger partial charge in [-0.25, -0.2) is 4.98 Å². The first kappa shape index (κ1) is 15.6. The summed E-state index contributed by atoms with van der Waals surface area (Å²) in [7, 11) is 0. The molecule has 1 fully saturated rings. The number of aromatic nitrogens is 1. The number of pyridine rings is 1. The minimum Gasteiger partial charge on any atom is -0.367 e. The van der Waals surface area contributed by atoms with Crippen molar-refractivity contribution in [1.82, 2.24) is 4.98 Å². The number of nitrogens with zero attached hydrogens (tertiary/aromatic N) is 1. The third-order valence-corrected chi connectivity index (χ3v) is 4.27. The lowest BCUT2D eigenvalue weighted by Crippen LogP contribution is -2.31. The molecule has 1 N–H and O–H groups in total. The van der Waals surface area contributed by atoms with Crippen LogP contribution in [0.15, 0.2) is 16.7 Å². The zero-order chi connectivity index (χ0) is 15.0. The summed E-state index contributed by atoms with van der Waals surface area (Å²) in [6.45, 7) is 4.39. The molecule has 2 rings (SSSR count). The Kier molecular flexibility index (Phi) is 4.33. The molecule has 1 aliphatic carbocycles. The molecule has 0 spiro atoms. The SMILES string of the molecule is CC1(C)CCC(Nc2ncc(Br)cc2C(F)(F)F)CC1. The van der Waals surface area contributed by atoms with Crippen molar-refractivity contribution in [3.8, 4) is 0 Å². The first-order valence-corrected chi connectivity index (χ1v) is 7.46. The van der Waals surface area contributed by atoms with Crippen LogP contribution < -0.4 is 5.32 Å². The highest BCUT2D eigenvalue weighted by molar-refractivity contribution is 9.10. The van der Waals surface area contributed by atoms with Crippen LogP contribution in [0.4, 0.5) is 19.0 Å². The molecule has 0 bridgehead atoms. The first-order valence-electron chi connectivity index (χ1n) is 6.67. The predicted octanol–water partition coefficient (Wildman–Crippen LogP) is 5.24. The zero-order valence-electron chi connectivity index (χ0n) is 11.5. The Balaban J connectivity index is 2.14. The summed E-state index contributed by atoms with van der Waals surface area (Å²) in [5, 5.41) is 2.97. The number of nitrogens with one attached hydrogen (secondary N) is 1. The summed E-state index contributed by atoms with van der Waals surface area (Å²) in [5.41, 5.74) is -0.422. The van der Waals surface area contributed by atoms with Gasteiger partial charge in [0.1, 0.15) is 5.82 Å². The lowest BCUT2D eigenvalue weighted by molar-refractivity contribution is -0.137. The molecule has 1 aromatic rings. The summed E-state index contributed by atoms with van der Waals surface area (Å²) in [6.07, 6.45) is 0.784. The maximum absolute atomic E-state index is 13.0. The second-order valence-corrected chi connectivity index (χ2v) is 7.05. The van der Waals surface area contributed by atoms with Crippen molar-refractivity contribution in [2.45, 2.75) is 51.7 Å². The third kappa shape index (κ3) is 3.87. The number of alkyl halides is 3. The van der Waals surface area contributed by atoms with Gasteiger partial charge < -0.3 is 5.32 Å². The normalized spacial score (nSPS) is 19.9. The summed E-state index contributed by atoms with van der Waals surface area (Å²) in [4.78, 5) is 3.90. The number of hydrogen-bond acceptors (Lipinski definition) is 2. The maximum atomic E-state index is 13.0. The van der Waals surface area contributed by atoms with Crippen LogP contribution in [0.1, 0.15) is 45.1 Å². The summed E-state index contributed by atoms with van der Waals surface area (Å²) >= 11 is 3.04. The van der Waals surface area contributed by atoms with E-state index in [1.165, 1.54) is 6.20 Å². The van der Waals surface area contributed by atoms with Crippen LogP contribution in [-0.2, 0) is 6.18 Å². The second kappa shape index (κ2) is 5.54. The molecule has 6 heteroatoms. The number of anilines is 1. The van der Waals surface area contributed by atoms with Crippen LogP contribution in [-0.4, -0.2) is 11.0 Å². The van der Waals surface area contributed by atoms with E-state index in [0.29, 0.717) is 4.47 Å². The average Bonchev–Trinajstić information content (AvgIpc) is 2.33. The minimum absolute atomic E-state index is 0.0644. The number of rotatable bonds is 2. The van der Waals surface area contributed by atoms with Gasteiger partial charge in [-0.3, -0.25) is 0 Å². The monoisotopic (exact) mass is 350 g/mol. The molecule has 1 aromatic heterocycles. The highest BCUT2D eigenvalue weighted by atomic mass is 79.9. The molecule has 2 nitrogen and oxygen atoms in total. The quantitative estimate of drug-likeness (QED) is 0.788. The van der Waals surface area contributed by atoms with Gasteiger partial charge in [0.2, 0.25) is 0 Å². The van der Waals surface area contributed by atoms with Crippen molar-refractivity contribution in [3.63, 3.8) is 0 Å². The Hall–Kier alpha value is -0.780. The van der Waals surface area contributed by atoms with E-state index in [0.717, 1.165) is 31.7 Å². The van der Waals surface area contributed by atoms with Gasteiger partial charge in [-0.05, 0) is 53.1 Å². The molecule has 1 aliphatic rings.